The molecule has 0 radical (unpaired) electrons. The topological polar surface area (TPSA) is 148 Å². The highest BCUT2D eigenvalue weighted by Gasteiger charge is 2.51. The third kappa shape index (κ3) is 14.7. The molecule has 0 unspecified atom stereocenters. The lowest BCUT2D eigenvalue weighted by Gasteiger charge is -2.32. The zero-order chi connectivity index (χ0) is 87.1. The molecule has 0 N–H and O–H groups in total. The minimum atomic E-state index is -0.367. The second kappa shape index (κ2) is 32.8. The highest BCUT2D eigenvalue weighted by atomic mass is 35.5. The van der Waals surface area contributed by atoms with Crippen LogP contribution in [0.15, 0.2) is 398 Å². The summed E-state index contributed by atoms with van der Waals surface area (Å²) in [5.74, 6) is 1.43. The van der Waals surface area contributed by atoms with Crippen LogP contribution in [0, 0.1) is 0 Å². The fourth-order valence-electron chi connectivity index (χ4n) is 17.6. The lowest BCUT2D eigenvalue weighted by Crippen LogP contribution is -2.41. The molecule has 1 saturated heterocycles. The van der Waals surface area contributed by atoms with Crippen molar-refractivity contribution >= 4 is 153 Å². The molecular weight excluding hydrogens is 1660 g/mol. The fourth-order valence-corrected chi connectivity index (χ4v) is 20.2. The van der Waals surface area contributed by atoms with Gasteiger partial charge in [0.2, 0.25) is 0 Å². The minimum absolute atomic E-state index is 0.363. The van der Waals surface area contributed by atoms with E-state index in [0.717, 1.165) is 192 Å². The molecule has 0 aliphatic carbocycles. The van der Waals surface area contributed by atoms with Crippen molar-refractivity contribution in [3.8, 4) is 123 Å². The summed E-state index contributed by atoms with van der Waals surface area (Å²) in [6, 6.07) is 127. The van der Waals surface area contributed by atoms with Crippen LogP contribution in [-0.2, 0) is 9.31 Å². The number of rotatable bonds is 12. The van der Waals surface area contributed by atoms with Gasteiger partial charge in [-0.25, -0.2) is 39.9 Å². The van der Waals surface area contributed by atoms with Gasteiger partial charge in [0, 0.05) is 81.9 Å². The average molecular weight is 1730 g/mol. The number of aromatic nitrogens is 8. The Morgan fingerprint density at radius 1 is 0.292 bits per heavy atom. The van der Waals surface area contributed by atoms with Crippen LogP contribution in [0.1, 0.15) is 27.7 Å². The number of para-hydroxylation sites is 2. The van der Waals surface area contributed by atoms with E-state index in [9.17, 15) is 0 Å². The molecule has 0 amide bonds. The third-order valence-electron chi connectivity index (χ3n) is 25.1. The third-order valence-corrected chi connectivity index (χ3v) is 27.8. The lowest BCUT2D eigenvalue weighted by atomic mass is 9.78. The molecule has 0 spiro atoms. The van der Waals surface area contributed by atoms with Crippen LogP contribution in [0.3, 0.4) is 0 Å². The molecule has 618 valence electrons. The van der Waals surface area contributed by atoms with Crippen LogP contribution >= 0.6 is 34.3 Å². The van der Waals surface area contributed by atoms with E-state index in [1.54, 1.807) is 35.2 Å². The van der Waals surface area contributed by atoms with E-state index < -0.39 is 0 Å². The number of halogens is 1. The molecule has 130 heavy (non-hydrogen) atoms. The zero-order valence-corrected chi connectivity index (χ0v) is 73.3. The van der Waals surface area contributed by atoms with E-state index in [4.69, 9.17) is 49.7 Å². The molecule has 9 heterocycles. The van der Waals surface area contributed by atoms with E-state index in [0.29, 0.717) is 16.4 Å². The second-order valence-corrected chi connectivity index (χ2v) is 36.2. The van der Waals surface area contributed by atoms with E-state index >= 15 is 0 Å². The number of fused-ring (bicyclic) bond motifs is 16. The summed E-state index contributed by atoms with van der Waals surface area (Å²) < 4.78 is 29.4. The zero-order valence-electron chi connectivity index (χ0n) is 70.9. The predicted octanol–water partition coefficient (Wildman–Crippen LogP) is 30.4. The fraction of sp³-hybridized carbons (Fsp3) is 0.0526. The van der Waals surface area contributed by atoms with Gasteiger partial charge in [-0.1, -0.05) is 327 Å². The molecule has 8 aromatic heterocycles. The van der Waals surface area contributed by atoms with E-state index in [-0.39, 0.29) is 18.3 Å². The average Bonchev–Trinajstić information content (AvgIpc) is 1.58. The van der Waals surface area contributed by atoms with E-state index in [2.05, 4.69) is 351 Å². The maximum Gasteiger partial charge on any atom is 0.494 e. The summed E-state index contributed by atoms with van der Waals surface area (Å²) >= 11 is 9.77. The van der Waals surface area contributed by atoms with Crippen LogP contribution < -0.4 is 5.46 Å². The molecule has 16 aromatic carbocycles. The molecule has 1 aliphatic heterocycles. The normalized spacial score (nSPS) is 13.0. The lowest BCUT2D eigenvalue weighted by molar-refractivity contribution is 0.00578. The van der Waals surface area contributed by atoms with Crippen molar-refractivity contribution in [1.29, 1.82) is 0 Å². The maximum atomic E-state index is 6.46. The first kappa shape index (κ1) is 79.3. The number of thiophene rings is 2. The Balaban J connectivity index is 0.000000125. The van der Waals surface area contributed by atoms with Crippen molar-refractivity contribution in [2.24, 2.45) is 0 Å². The Labute approximate surface area is 761 Å². The quantitative estimate of drug-likeness (QED) is 0.107. The van der Waals surface area contributed by atoms with Crippen molar-refractivity contribution < 1.29 is 18.1 Å². The van der Waals surface area contributed by atoms with Crippen molar-refractivity contribution in [2.75, 3.05) is 0 Å². The minimum Gasteiger partial charge on any atom is -0.455 e. The van der Waals surface area contributed by atoms with Gasteiger partial charge >= 0.3 is 7.12 Å². The van der Waals surface area contributed by atoms with Crippen LogP contribution in [-0.4, -0.2) is 58.2 Å². The number of hydrogen-bond donors (Lipinski definition) is 0. The van der Waals surface area contributed by atoms with Crippen LogP contribution in [0.4, 0.5) is 0 Å². The molecule has 12 nitrogen and oxygen atoms in total. The molecule has 1 fully saturated rings. The van der Waals surface area contributed by atoms with Crippen molar-refractivity contribution in [3.05, 3.63) is 394 Å². The molecular formula is C114H76BClN8O4S2. The summed E-state index contributed by atoms with van der Waals surface area (Å²) in [4.78, 5) is 38.3. The van der Waals surface area contributed by atoms with Crippen LogP contribution in [0.5, 0.6) is 0 Å². The van der Waals surface area contributed by atoms with Gasteiger partial charge in [0.25, 0.3) is 0 Å². The summed E-state index contributed by atoms with van der Waals surface area (Å²) in [6.07, 6.45) is 6.77. The van der Waals surface area contributed by atoms with Gasteiger partial charge in [-0.2, -0.15) is 0 Å². The van der Waals surface area contributed by atoms with Gasteiger partial charge in [-0.15, -0.1) is 22.7 Å². The first-order chi connectivity index (χ1) is 63.8. The van der Waals surface area contributed by atoms with Crippen molar-refractivity contribution in [2.45, 2.75) is 38.9 Å². The smallest absolute Gasteiger partial charge is 0.455 e. The van der Waals surface area contributed by atoms with Crippen molar-refractivity contribution in [3.63, 3.8) is 0 Å². The number of furan rings is 2. The molecule has 25 rings (SSSR count). The van der Waals surface area contributed by atoms with Gasteiger partial charge in [-0.05, 0) is 154 Å². The Morgan fingerprint density at radius 2 is 0.631 bits per heavy atom. The Bertz CT molecular complexity index is 8470. The van der Waals surface area contributed by atoms with E-state index in [1.807, 2.05) is 66.9 Å². The standard InChI is InChI=1S/C54H32N4OS.C46H37BN2O2S.C14H7ClN2O/c1-2-9-33(10-3-1)34-23-27-39(28-24-34)50-53-51(44-14-5-7-16-47(44)60-53)58-54(57-50)41-12-8-11-40(29-41)37-19-17-35(18-20-37)36-21-25-38(26-22-36)45-30-42-31-55-32-56-49(42)48-43-13-4-6-15-46(43)59-52(45)48;1-45(2)46(3,4)51-47(50-45)38-27-25-33(26-28-38)32-17-19-34(20-18-32)36-13-10-14-37(29-36)44-48-41(43-42(49-44)39-15-8-9-16-40(39)52-43)35-23-21-31(22-24-35)30-11-6-5-7-12-30;15-10-5-8-6-16-7-17-13(8)12-9-3-1-2-4-11(9)18-14(10)12/h1-32H;5-29H,1-4H3;1-7H. The van der Waals surface area contributed by atoms with Gasteiger partial charge in [0.05, 0.1) is 69.9 Å². The van der Waals surface area contributed by atoms with Gasteiger partial charge in [0.1, 0.15) is 29.4 Å². The van der Waals surface area contributed by atoms with Gasteiger partial charge < -0.3 is 18.1 Å². The Kier molecular flexibility index (Phi) is 20.0. The number of nitrogens with zero attached hydrogens (tertiary/aromatic N) is 8. The first-order valence-corrected chi connectivity index (χ1v) is 45.2. The Hall–Kier alpha value is -15.3. The molecule has 16 heteroatoms. The summed E-state index contributed by atoms with van der Waals surface area (Å²) in [6.45, 7) is 8.33. The van der Waals surface area contributed by atoms with Crippen LogP contribution in [0.25, 0.3) is 229 Å². The van der Waals surface area contributed by atoms with Gasteiger partial charge in [0.15, 0.2) is 17.2 Å². The largest absolute Gasteiger partial charge is 0.494 e. The van der Waals surface area contributed by atoms with Crippen LogP contribution in [0.2, 0.25) is 5.02 Å². The number of hydrogen-bond acceptors (Lipinski definition) is 14. The highest BCUT2D eigenvalue weighted by molar-refractivity contribution is 7.26. The summed E-state index contributed by atoms with van der Waals surface area (Å²) in [5.41, 5.74) is 29.2. The summed E-state index contributed by atoms with van der Waals surface area (Å²) in [5, 5.41) is 8.85. The van der Waals surface area contributed by atoms with Crippen molar-refractivity contribution in [1.82, 2.24) is 39.9 Å². The molecule has 24 aromatic rings. The molecule has 0 atom stereocenters. The molecule has 0 bridgehead atoms. The highest BCUT2D eigenvalue weighted by Crippen LogP contribution is 2.47. The summed E-state index contributed by atoms with van der Waals surface area (Å²) in [7, 11) is -0.367. The second-order valence-electron chi connectivity index (χ2n) is 33.6. The monoisotopic (exact) mass is 1730 g/mol. The number of benzene rings is 16. The van der Waals surface area contributed by atoms with E-state index in [1.165, 1.54) is 38.0 Å². The SMILES string of the molecule is CC1(C)OB(c2ccc(-c3ccc(-c4cccc(-c5nc(-c6ccc(-c7ccccc7)cc6)c6sc7ccccc7c6n5)c4)cc3)cc2)OC1(C)C.Clc1cc2cncnc2c2c1oc1ccccc12.c1ccc(-c2ccc(-c3nc(-c4cccc(-c5ccc(-c6ccc(-c7cc8cncnc8c8c7oc7ccccc78)cc6)cc5)c4)nc4c3sc3ccccc34)cc2)cc1. The predicted molar refractivity (Wildman–Crippen MR) is 538 cm³/mol. The maximum absolute atomic E-state index is 6.46. The van der Waals surface area contributed by atoms with Gasteiger partial charge in [-0.3, -0.25) is 0 Å². The molecule has 0 saturated carbocycles. The Morgan fingerprint density at radius 3 is 1.08 bits per heavy atom. The molecule has 1 aliphatic rings. The first-order valence-electron chi connectivity index (χ1n) is 43.2.